The molecule has 0 bridgehead atoms. The molecule has 1 aromatic carbocycles. The molecule has 102 valence electrons. The lowest BCUT2D eigenvalue weighted by Gasteiger charge is -2.00. The Morgan fingerprint density at radius 3 is 3.05 bits per heavy atom. The van der Waals surface area contributed by atoms with E-state index in [-0.39, 0.29) is 0 Å². The van der Waals surface area contributed by atoms with Crippen molar-refractivity contribution in [3.8, 4) is 11.5 Å². The zero-order valence-corrected chi connectivity index (χ0v) is 11.7. The third-order valence-electron chi connectivity index (χ3n) is 3.18. The number of H-pyrrole nitrogens is 1. The number of rotatable bonds is 4. The van der Waals surface area contributed by atoms with Crippen LogP contribution in [0.1, 0.15) is 18.9 Å². The Balaban J connectivity index is 2.06. The molecular formula is C16H18N3O+. The molecule has 0 aliphatic heterocycles. The van der Waals surface area contributed by atoms with Crippen molar-refractivity contribution in [3.05, 3.63) is 42.1 Å². The number of aromatic nitrogens is 2. The van der Waals surface area contributed by atoms with E-state index >= 15 is 0 Å². The van der Waals surface area contributed by atoms with Crippen molar-refractivity contribution in [2.75, 3.05) is 11.9 Å². The van der Waals surface area contributed by atoms with Crippen molar-refractivity contribution < 1.29 is 9.40 Å². The maximum atomic E-state index is 5.86. The normalized spacial score (nSPS) is 10.9. The molecule has 0 spiro atoms. The van der Waals surface area contributed by atoms with E-state index in [0.717, 1.165) is 35.4 Å². The first kappa shape index (κ1) is 12.7. The second kappa shape index (κ2) is 5.33. The van der Waals surface area contributed by atoms with Gasteiger partial charge in [0.05, 0.1) is 12.7 Å². The topological polar surface area (TPSA) is 52.2 Å². The molecule has 2 heterocycles. The lowest BCUT2D eigenvalue weighted by Crippen LogP contribution is -2.14. The van der Waals surface area contributed by atoms with Crippen LogP contribution in [0.5, 0.6) is 0 Å². The summed E-state index contributed by atoms with van der Waals surface area (Å²) in [5, 5.41) is 3.36. The summed E-state index contributed by atoms with van der Waals surface area (Å²) in [5.41, 5.74) is 3.84. The SMILES string of the molecule is CCCNc1[nH+]cccc1-c1nc2cc(C)ccc2o1. The van der Waals surface area contributed by atoms with Crippen LogP contribution in [0.15, 0.2) is 40.9 Å². The number of benzene rings is 1. The van der Waals surface area contributed by atoms with E-state index in [2.05, 4.69) is 29.1 Å². The largest absolute Gasteiger partial charge is 0.436 e. The molecular weight excluding hydrogens is 250 g/mol. The smallest absolute Gasteiger partial charge is 0.285 e. The number of oxazole rings is 1. The molecule has 3 rings (SSSR count). The van der Waals surface area contributed by atoms with E-state index < -0.39 is 0 Å². The number of fused-ring (bicyclic) bond motifs is 1. The maximum absolute atomic E-state index is 5.86. The number of aryl methyl sites for hydroxylation is 1. The molecule has 0 aliphatic rings. The van der Waals surface area contributed by atoms with Crippen molar-refractivity contribution in [1.29, 1.82) is 0 Å². The van der Waals surface area contributed by atoms with Gasteiger partial charge in [-0.2, -0.15) is 0 Å². The summed E-state index contributed by atoms with van der Waals surface area (Å²) in [4.78, 5) is 7.80. The van der Waals surface area contributed by atoms with Gasteiger partial charge in [-0.3, -0.25) is 5.32 Å². The van der Waals surface area contributed by atoms with E-state index in [4.69, 9.17) is 4.42 Å². The minimum absolute atomic E-state index is 0.640. The second-order valence-electron chi connectivity index (χ2n) is 4.88. The number of anilines is 1. The molecule has 0 radical (unpaired) electrons. The Morgan fingerprint density at radius 2 is 2.20 bits per heavy atom. The predicted molar refractivity (Wildman–Crippen MR) is 79.5 cm³/mol. The van der Waals surface area contributed by atoms with Gasteiger partial charge < -0.3 is 4.42 Å². The molecule has 20 heavy (non-hydrogen) atoms. The Kier molecular flexibility index (Phi) is 3.37. The Bertz CT molecular complexity index is 733. The first-order chi connectivity index (χ1) is 9.78. The molecule has 2 aromatic heterocycles. The van der Waals surface area contributed by atoms with Gasteiger partial charge in [-0.1, -0.05) is 13.0 Å². The summed E-state index contributed by atoms with van der Waals surface area (Å²) in [5.74, 6) is 1.58. The van der Waals surface area contributed by atoms with Gasteiger partial charge in [0, 0.05) is 0 Å². The minimum atomic E-state index is 0.640. The zero-order valence-electron chi connectivity index (χ0n) is 11.7. The van der Waals surface area contributed by atoms with Gasteiger partial charge in [0.2, 0.25) is 5.89 Å². The van der Waals surface area contributed by atoms with Crippen molar-refractivity contribution in [1.82, 2.24) is 4.98 Å². The van der Waals surface area contributed by atoms with Crippen LogP contribution in [0.2, 0.25) is 0 Å². The Labute approximate surface area is 117 Å². The summed E-state index contributed by atoms with van der Waals surface area (Å²) in [6.07, 6.45) is 2.96. The summed E-state index contributed by atoms with van der Waals surface area (Å²) in [7, 11) is 0. The van der Waals surface area contributed by atoms with Crippen molar-refractivity contribution in [2.45, 2.75) is 20.3 Å². The van der Waals surface area contributed by atoms with Gasteiger partial charge in [0.1, 0.15) is 11.1 Å². The molecule has 3 aromatic rings. The average molecular weight is 268 g/mol. The van der Waals surface area contributed by atoms with E-state index in [1.165, 1.54) is 5.56 Å². The molecule has 0 fully saturated rings. The van der Waals surface area contributed by atoms with Crippen molar-refractivity contribution in [2.24, 2.45) is 0 Å². The number of hydrogen-bond donors (Lipinski definition) is 1. The fourth-order valence-electron chi connectivity index (χ4n) is 2.16. The lowest BCUT2D eigenvalue weighted by atomic mass is 10.2. The van der Waals surface area contributed by atoms with Crippen molar-refractivity contribution >= 4 is 16.9 Å². The number of nitrogens with zero attached hydrogens (tertiary/aromatic N) is 1. The van der Waals surface area contributed by atoms with Crippen molar-refractivity contribution in [3.63, 3.8) is 0 Å². The van der Waals surface area contributed by atoms with E-state index in [1.54, 1.807) is 0 Å². The highest BCUT2D eigenvalue weighted by molar-refractivity contribution is 5.78. The number of aromatic amines is 1. The highest BCUT2D eigenvalue weighted by atomic mass is 16.3. The molecule has 0 unspecified atom stereocenters. The Morgan fingerprint density at radius 1 is 1.30 bits per heavy atom. The molecule has 4 heteroatoms. The molecule has 2 N–H and O–H groups in total. The van der Waals surface area contributed by atoms with Crippen LogP contribution in [0.4, 0.5) is 5.82 Å². The summed E-state index contributed by atoms with van der Waals surface area (Å²) >= 11 is 0. The summed E-state index contributed by atoms with van der Waals surface area (Å²) < 4.78 is 5.86. The van der Waals surface area contributed by atoms with Gasteiger partial charge >= 0.3 is 0 Å². The third kappa shape index (κ3) is 2.37. The predicted octanol–water partition coefficient (Wildman–Crippen LogP) is 3.44. The minimum Gasteiger partial charge on any atom is -0.436 e. The zero-order chi connectivity index (χ0) is 13.9. The molecule has 0 saturated heterocycles. The molecule has 4 nitrogen and oxygen atoms in total. The first-order valence-corrected chi connectivity index (χ1v) is 6.90. The third-order valence-corrected chi connectivity index (χ3v) is 3.18. The molecule has 0 saturated carbocycles. The van der Waals surface area contributed by atoms with Gasteiger partial charge in [0.25, 0.3) is 5.82 Å². The van der Waals surface area contributed by atoms with Crippen LogP contribution >= 0.6 is 0 Å². The second-order valence-corrected chi connectivity index (χ2v) is 4.88. The first-order valence-electron chi connectivity index (χ1n) is 6.90. The van der Waals surface area contributed by atoms with Crippen LogP contribution in [0.25, 0.3) is 22.6 Å². The van der Waals surface area contributed by atoms with Gasteiger partial charge in [-0.25, -0.2) is 9.97 Å². The van der Waals surface area contributed by atoms with Crippen LogP contribution in [0, 0.1) is 6.92 Å². The van der Waals surface area contributed by atoms with Crippen LogP contribution in [0.3, 0.4) is 0 Å². The molecule has 0 atom stereocenters. The van der Waals surface area contributed by atoms with Gasteiger partial charge in [-0.05, 0) is 43.2 Å². The van der Waals surface area contributed by atoms with Gasteiger partial charge in [0.15, 0.2) is 5.58 Å². The number of nitrogens with one attached hydrogen (secondary N) is 2. The molecule has 0 aliphatic carbocycles. The average Bonchev–Trinajstić information content (AvgIpc) is 2.88. The van der Waals surface area contributed by atoms with E-state index in [9.17, 15) is 0 Å². The standard InChI is InChI=1S/C16H17N3O/c1-3-8-17-15-12(5-4-9-18-15)16-19-13-10-11(2)6-7-14(13)20-16/h4-7,9-10H,3,8H2,1-2H3,(H,17,18)/p+1. The summed E-state index contributed by atoms with van der Waals surface area (Å²) in [6, 6.07) is 9.99. The number of pyridine rings is 1. The van der Waals surface area contributed by atoms with Crippen LogP contribution in [-0.2, 0) is 0 Å². The fraction of sp³-hybridized carbons (Fsp3) is 0.250. The van der Waals surface area contributed by atoms with Crippen LogP contribution in [-0.4, -0.2) is 11.5 Å². The quantitative estimate of drug-likeness (QED) is 0.788. The Hall–Kier alpha value is -2.36. The van der Waals surface area contributed by atoms with E-state index in [0.29, 0.717) is 5.89 Å². The highest BCUT2D eigenvalue weighted by Gasteiger charge is 2.16. The van der Waals surface area contributed by atoms with Gasteiger partial charge in [-0.15, -0.1) is 0 Å². The highest BCUT2D eigenvalue weighted by Crippen LogP contribution is 2.27. The number of hydrogen-bond acceptors (Lipinski definition) is 3. The monoisotopic (exact) mass is 268 g/mol. The van der Waals surface area contributed by atoms with E-state index in [1.807, 2.05) is 36.5 Å². The fourth-order valence-corrected chi connectivity index (χ4v) is 2.16. The lowest BCUT2D eigenvalue weighted by molar-refractivity contribution is -0.360. The van der Waals surface area contributed by atoms with Crippen LogP contribution < -0.4 is 10.3 Å². The summed E-state index contributed by atoms with van der Waals surface area (Å²) in [6.45, 7) is 5.10. The molecule has 0 amide bonds. The maximum Gasteiger partial charge on any atom is 0.285 e.